The predicted molar refractivity (Wildman–Crippen MR) is 257 cm³/mol. The molecule has 0 spiro atoms. The zero-order valence-corrected chi connectivity index (χ0v) is 33.4. The van der Waals surface area contributed by atoms with Crippen LogP contribution >= 0.6 is 0 Å². The molecule has 0 atom stereocenters. The molecule has 3 aromatic heterocycles. The summed E-state index contributed by atoms with van der Waals surface area (Å²) in [6.07, 6.45) is 0. The van der Waals surface area contributed by atoms with Crippen LogP contribution in [0.25, 0.3) is 121 Å². The average molecular weight is 790 g/mol. The van der Waals surface area contributed by atoms with Crippen molar-refractivity contribution in [2.24, 2.45) is 0 Å². The van der Waals surface area contributed by atoms with E-state index < -0.39 is 0 Å². The van der Waals surface area contributed by atoms with E-state index in [1.165, 1.54) is 59.8 Å². The van der Waals surface area contributed by atoms with E-state index in [1.54, 1.807) is 0 Å². The van der Waals surface area contributed by atoms with Gasteiger partial charge in [-0.2, -0.15) is 0 Å². The van der Waals surface area contributed by atoms with Crippen molar-refractivity contribution in [2.75, 3.05) is 0 Å². The van der Waals surface area contributed by atoms with Crippen molar-refractivity contribution in [2.45, 2.75) is 0 Å². The summed E-state index contributed by atoms with van der Waals surface area (Å²) >= 11 is 0. The van der Waals surface area contributed by atoms with Crippen LogP contribution in [0.3, 0.4) is 0 Å². The van der Waals surface area contributed by atoms with Crippen molar-refractivity contribution in [3.05, 3.63) is 212 Å². The minimum atomic E-state index is 0.640. The zero-order chi connectivity index (χ0) is 40.7. The Morgan fingerprint density at radius 2 is 0.806 bits per heavy atom. The van der Waals surface area contributed by atoms with Crippen LogP contribution in [-0.2, 0) is 0 Å². The molecule has 5 nitrogen and oxygen atoms in total. The third-order valence-corrected chi connectivity index (χ3v) is 12.5. The lowest BCUT2D eigenvalue weighted by Gasteiger charge is -2.12. The van der Waals surface area contributed by atoms with Crippen LogP contribution in [0, 0.1) is 0 Å². The number of fused-ring (bicyclic) bond motifs is 11. The average Bonchev–Trinajstić information content (AvgIpc) is 3.87. The summed E-state index contributed by atoms with van der Waals surface area (Å²) in [5.74, 6) is 1.94. The van der Waals surface area contributed by atoms with Gasteiger partial charge in [-0.15, -0.1) is 0 Å². The van der Waals surface area contributed by atoms with Crippen molar-refractivity contribution < 1.29 is 0 Å². The number of hydrogen-bond acceptors (Lipinski definition) is 3. The van der Waals surface area contributed by atoms with Gasteiger partial charge in [-0.05, 0) is 86.9 Å². The summed E-state index contributed by atoms with van der Waals surface area (Å²) in [5.41, 5.74) is 9.85. The van der Waals surface area contributed by atoms with Gasteiger partial charge in [0.1, 0.15) is 0 Å². The van der Waals surface area contributed by atoms with E-state index in [4.69, 9.17) is 15.0 Å². The molecule has 10 aromatic carbocycles. The minimum absolute atomic E-state index is 0.640. The van der Waals surface area contributed by atoms with Crippen LogP contribution in [0.4, 0.5) is 0 Å². The van der Waals surface area contributed by atoms with E-state index >= 15 is 0 Å². The normalized spacial score (nSPS) is 11.9. The van der Waals surface area contributed by atoms with Crippen molar-refractivity contribution in [3.8, 4) is 45.5 Å². The monoisotopic (exact) mass is 789 g/mol. The standard InChI is InChI=1S/C57H35N5/c1-3-15-38(16-4-1)55-58-56(42-25-23-36-13-7-8-17-39(36)33-42)60-57(59-55)43-26-24-41-35-45(29-27-40(41)34-43)61-49-22-12-11-21-47(49)53-51(61)32-30-48-52-46-20-10-9-14-37(46)28-31-50(52)62(54(48)53)44-18-5-2-6-19-44/h1-35H. The largest absolute Gasteiger partial charge is 0.309 e. The number of para-hydroxylation sites is 2. The Kier molecular flexibility index (Phi) is 7.54. The third-order valence-electron chi connectivity index (χ3n) is 12.5. The Balaban J connectivity index is 0.990. The number of nitrogens with zero attached hydrogens (tertiary/aromatic N) is 5. The first-order valence-electron chi connectivity index (χ1n) is 21.0. The van der Waals surface area contributed by atoms with E-state index in [1.807, 2.05) is 30.3 Å². The molecule has 0 radical (unpaired) electrons. The highest BCUT2D eigenvalue weighted by Gasteiger charge is 2.22. The molecule has 0 amide bonds. The third kappa shape index (κ3) is 5.32. The molecule has 0 bridgehead atoms. The van der Waals surface area contributed by atoms with Crippen molar-refractivity contribution in [1.29, 1.82) is 0 Å². The van der Waals surface area contributed by atoms with Gasteiger partial charge in [0.2, 0.25) is 0 Å². The van der Waals surface area contributed by atoms with Gasteiger partial charge in [-0.3, -0.25) is 0 Å². The van der Waals surface area contributed by atoms with Crippen molar-refractivity contribution in [3.63, 3.8) is 0 Å². The van der Waals surface area contributed by atoms with Gasteiger partial charge >= 0.3 is 0 Å². The Hall–Kier alpha value is -8.41. The van der Waals surface area contributed by atoms with Crippen LogP contribution in [0.5, 0.6) is 0 Å². The molecule has 13 aromatic rings. The Morgan fingerprint density at radius 1 is 0.274 bits per heavy atom. The predicted octanol–water partition coefficient (Wildman–Crippen LogP) is 14.5. The molecule has 0 unspecified atom stereocenters. The summed E-state index contributed by atoms with van der Waals surface area (Å²) in [6.45, 7) is 0. The lowest BCUT2D eigenvalue weighted by atomic mass is 10.0. The van der Waals surface area contributed by atoms with Gasteiger partial charge < -0.3 is 9.13 Å². The van der Waals surface area contributed by atoms with E-state index in [-0.39, 0.29) is 0 Å². The first-order valence-corrected chi connectivity index (χ1v) is 21.0. The van der Waals surface area contributed by atoms with E-state index in [0.717, 1.165) is 44.2 Å². The quantitative estimate of drug-likeness (QED) is 0.174. The number of rotatable bonds is 5. The van der Waals surface area contributed by atoms with Crippen molar-refractivity contribution >= 4 is 75.9 Å². The van der Waals surface area contributed by atoms with E-state index in [9.17, 15) is 0 Å². The molecule has 5 heteroatoms. The highest BCUT2D eigenvalue weighted by Crippen LogP contribution is 2.44. The number of hydrogen-bond donors (Lipinski definition) is 0. The summed E-state index contributed by atoms with van der Waals surface area (Å²) in [6, 6.07) is 75.8. The van der Waals surface area contributed by atoms with Gasteiger partial charge in [0.25, 0.3) is 0 Å². The molecule has 0 aliphatic heterocycles. The Bertz CT molecular complexity index is 3920. The number of benzene rings is 10. The maximum Gasteiger partial charge on any atom is 0.164 e. The summed E-state index contributed by atoms with van der Waals surface area (Å²) in [4.78, 5) is 15.1. The van der Waals surface area contributed by atoms with E-state index in [2.05, 4.69) is 191 Å². The lowest BCUT2D eigenvalue weighted by molar-refractivity contribution is 1.07. The van der Waals surface area contributed by atoms with Crippen LogP contribution in [0.15, 0.2) is 212 Å². The summed E-state index contributed by atoms with van der Waals surface area (Å²) in [7, 11) is 0. The molecule has 0 saturated carbocycles. The maximum atomic E-state index is 5.10. The molecule has 62 heavy (non-hydrogen) atoms. The second-order valence-corrected chi connectivity index (χ2v) is 16.0. The topological polar surface area (TPSA) is 48.5 Å². The van der Waals surface area contributed by atoms with Crippen LogP contribution in [0.2, 0.25) is 0 Å². The van der Waals surface area contributed by atoms with Gasteiger partial charge in [0, 0.05) is 49.6 Å². The molecule has 0 saturated heterocycles. The van der Waals surface area contributed by atoms with Gasteiger partial charge in [0.15, 0.2) is 17.5 Å². The molecule has 0 fully saturated rings. The summed E-state index contributed by atoms with van der Waals surface area (Å²) in [5, 5.41) is 12.1. The highest BCUT2D eigenvalue weighted by atomic mass is 15.0. The van der Waals surface area contributed by atoms with Crippen molar-refractivity contribution in [1.82, 2.24) is 24.1 Å². The second-order valence-electron chi connectivity index (χ2n) is 16.0. The minimum Gasteiger partial charge on any atom is -0.309 e. The smallest absolute Gasteiger partial charge is 0.164 e. The first kappa shape index (κ1) is 34.5. The SMILES string of the molecule is c1ccc(-c2nc(-c3ccc4ccccc4c3)nc(-c3ccc4cc(-n5c6ccccc6c6c5ccc5c7c8ccccc8ccc7n(-c7ccccc7)c56)ccc4c3)n2)cc1. The van der Waals surface area contributed by atoms with Crippen LogP contribution < -0.4 is 0 Å². The Labute approximate surface area is 356 Å². The van der Waals surface area contributed by atoms with Gasteiger partial charge in [0.05, 0.1) is 22.1 Å². The maximum absolute atomic E-state index is 5.10. The Morgan fingerprint density at radius 3 is 1.58 bits per heavy atom. The van der Waals surface area contributed by atoms with Crippen LogP contribution in [0.1, 0.15) is 0 Å². The fourth-order valence-corrected chi connectivity index (χ4v) is 9.64. The van der Waals surface area contributed by atoms with Crippen LogP contribution in [-0.4, -0.2) is 24.1 Å². The van der Waals surface area contributed by atoms with Gasteiger partial charge in [-0.1, -0.05) is 158 Å². The molecular weight excluding hydrogens is 755 g/mol. The lowest BCUT2D eigenvalue weighted by Crippen LogP contribution is -2.00. The first-order chi connectivity index (χ1) is 30.7. The molecule has 0 aliphatic rings. The fraction of sp³-hybridized carbons (Fsp3) is 0. The zero-order valence-electron chi connectivity index (χ0n) is 33.4. The fourth-order valence-electron chi connectivity index (χ4n) is 9.64. The molecule has 3 heterocycles. The second kappa shape index (κ2) is 13.6. The molecule has 0 N–H and O–H groups in total. The van der Waals surface area contributed by atoms with Gasteiger partial charge in [-0.25, -0.2) is 15.0 Å². The van der Waals surface area contributed by atoms with E-state index in [0.29, 0.717) is 17.5 Å². The molecule has 13 rings (SSSR count). The molecular formula is C57H35N5. The summed E-state index contributed by atoms with van der Waals surface area (Å²) < 4.78 is 4.89. The molecule has 288 valence electrons. The number of aromatic nitrogens is 5. The highest BCUT2D eigenvalue weighted by molar-refractivity contribution is 6.30. The molecule has 0 aliphatic carbocycles.